The third kappa shape index (κ3) is 4.41. The van der Waals surface area contributed by atoms with Gasteiger partial charge in [0.25, 0.3) is 12.3 Å². The molecule has 0 atom stereocenters. The van der Waals surface area contributed by atoms with Crippen LogP contribution in [0.15, 0.2) is 65.7 Å². The second-order valence-electron chi connectivity index (χ2n) is 8.20. The number of oxazole rings is 1. The van der Waals surface area contributed by atoms with Crippen LogP contribution in [0.4, 0.5) is 14.5 Å². The van der Waals surface area contributed by atoms with Gasteiger partial charge in [-0.1, -0.05) is 32.9 Å². The molecule has 0 fully saturated rings. The number of halogens is 2. The fourth-order valence-electron chi connectivity index (χ4n) is 3.08. The van der Waals surface area contributed by atoms with Crippen LogP contribution in [0.3, 0.4) is 0 Å². The molecule has 4 rings (SSSR count). The van der Waals surface area contributed by atoms with Crippen LogP contribution in [0.5, 0.6) is 0 Å². The van der Waals surface area contributed by atoms with Crippen molar-refractivity contribution in [2.24, 2.45) is 0 Å². The Morgan fingerprint density at radius 2 is 1.78 bits per heavy atom. The van der Waals surface area contributed by atoms with Crippen molar-refractivity contribution in [2.45, 2.75) is 32.6 Å². The fourth-order valence-corrected chi connectivity index (χ4v) is 3.08. The van der Waals surface area contributed by atoms with Gasteiger partial charge in [0.05, 0.1) is 17.6 Å². The number of hydrogen-bond donors (Lipinski definition) is 1. The van der Waals surface area contributed by atoms with Crippen molar-refractivity contribution in [3.63, 3.8) is 0 Å². The highest BCUT2D eigenvalue weighted by Gasteiger charge is 2.23. The molecule has 0 spiro atoms. The highest BCUT2D eigenvalue weighted by molar-refractivity contribution is 6.03. The first-order valence-corrected chi connectivity index (χ1v) is 9.88. The lowest BCUT2D eigenvalue weighted by Crippen LogP contribution is -2.13. The minimum Gasteiger partial charge on any atom is -0.444 e. The Balaban J connectivity index is 1.58. The van der Waals surface area contributed by atoms with E-state index in [-0.39, 0.29) is 22.7 Å². The van der Waals surface area contributed by atoms with Crippen LogP contribution in [0.25, 0.3) is 17.1 Å². The molecule has 7 nitrogen and oxygen atoms in total. The molecule has 1 N–H and O–H groups in total. The van der Waals surface area contributed by atoms with Crippen LogP contribution < -0.4 is 5.32 Å². The number of aromatic nitrogens is 4. The molecule has 1 amide bonds. The van der Waals surface area contributed by atoms with Crippen LogP contribution in [0.2, 0.25) is 0 Å². The van der Waals surface area contributed by atoms with Gasteiger partial charge in [0.1, 0.15) is 6.26 Å². The quantitative estimate of drug-likeness (QED) is 0.451. The second-order valence-corrected chi connectivity index (χ2v) is 8.20. The monoisotopic (exact) mass is 437 g/mol. The highest BCUT2D eigenvalue weighted by atomic mass is 19.3. The molecule has 3 heterocycles. The molecule has 0 unspecified atom stereocenters. The third-order valence-electron chi connectivity index (χ3n) is 4.86. The molecule has 0 saturated heterocycles. The van der Waals surface area contributed by atoms with E-state index in [1.807, 2.05) is 12.1 Å². The molecule has 32 heavy (non-hydrogen) atoms. The normalized spacial score (nSPS) is 11.7. The van der Waals surface area contributed by atoms with Crippen LogP contribution in [-0.2, 0) is 5.41 Å². The van der Waals surface area contributed by atoms with Crippen LogP contribution >= 0.6 is 0 Å². The largest absolute Gasteiger partial charge is 0.444 e. The maximum atomic E-state index is 13.6. The number of amides is 1. The van der Waals surface area contributed by atoms with Crippen molar-refractivity contribution in [1.82, 2.24) is 19.7 Å². The maximum absolute atomic E-state index is 13.6. The third-order valence-corrected chi connectivity index (χ3v) is 4.86. The van der Waals surface area contributed by atoms with Gasteiger partial charge in [0, 0.05) is 18.0 Å². The predicted octanol–water partition coefficient (Wildman–Crippen LogP) is 5.41. The summed E-state index contributed by atoms with van der Waals surface area (Å²) in [5, 5.41) is 6.43. The number of hydrogen-bond acceptors (Lipinski definition) is 5. The van der Waals surface area contributed by atoms with E-state index < -0.39 is 18.0 Å². The first-order chi connectivity index (χ1) is 15.2. The molecule has 0 bridgehead atoms. The van der Waals surface area contributed by atoms with Crippen LogP contribution in [0, 0.1) is 0 Å². The van der Waals surface area contributed by atoms with Crippen molar-refractivity contribution in [1.29, 1.82) is 0 Å². The van der Waals surface area contributed by atoms with E-state index in [9.17, 15) is 13.6 Å². The fraction of sp³-hybridized carbons (Fsp3) is 0.217. The number of rotatable bonds is 5. The van der Waals surface area contributed by atoms with E-state index in [1.165, 1.54) is 17.1 Å². The molecule has 0 aliphatic rings. The number of carbonyl (C=O) groups is 1. The average molecular weight is 437 g/mol. The number of pyridine rings is 1. The SMILES string of the molecule is CC(C)(C)c1ccc(-n2cc(NC(=O)c3coc(-c4ccncc4)n3)c(C(F)F)n2)cc1. The second kappa shape index (κ2) is 8.33. The maximum Gasteiger partial charge on any atom is 0.284 e. The number of benzene rings is 1. The Morgan fingerprint density at radius 3 is 2.41 bits per heavy atom. The molecule has 0 aliphatic heterocycles. The lowest BCUT2D eigenvalue weighted by Gasteiger charge is -2.19. The highest BCUT2D eigenvalue weighted by Crippen LogP contribution is 2.29. The van der Waals surface area contributed by atoms with E-state index in [0.717, 1.165) is 5.56 Å². The summed E-state index contributed by atoms with van der Waals surface area (Å²) in [7, 11) is 0. The summed E-state index contributed by atoms with van der Waals surface area (Å²) < 4.78 is 33.8. The average Bonchev–Trinajstić information content (AvgIpc) is 3.42. The smallest absolute Gasteiger partial charge is 0.284 e. The minimum atomic E-state index is -2.87. The van der Waals surface area contributed by atoms with Crippen molar-refractivity contribution >= 4 is 11.6 Å². The molecule has 4 aromatic rings. The molecular weight excluding hydrogens is 416 g/mol. The Labute approximate surface area is 183 Å². The molecule has 0 radical (unpaired) electrons. The van der Waals surface area contributed by atoms with Crippen molar-refractivity contribution < 1.29 is 18.0 Å². The van der Waals surface area contributed by atoms with Gasteiger partial charge in [-0.25, -0.2) is 18.4 Å². The number of carbonyl (C=O) groups excluding carboxylic acids is 1. The number of anilines is 1. The van der Waals surface area contributed by atoms with Gasteiger partial charge in [-0.3, -0.25) is 9.78 Å². The van der Waals surface area contributed by atoms with Crippen LogP contribution in [0.1, 0.15) is 48.9 Å². The van der Waals surface area contributed by atoms with E-state index in [0.29, 0.717) is 11.3 Å². The van der Waals surface area contributed by atoms with Gasteiger partial charge in [-0.15, -0.1) is 0 Å². The topological polar surface area (TPSA) is 85.8 Å². The van der Waals surface area contributed by atoms with Gasteiger partial charge in [-0.2, -0.15) is 5.10 Å². The number of alkyl halides is 2. The Hall–Kier alpha value is -3.88. The Morgan fingerprint density at radius 1 is 1.09 bits per heavy atom. The zero-order chi connectivity index (χ0) is 22.9. The van der Waals surface area contributed by atoms with Gasteiger partial charge in [-0.05, 0) is 35.2 Å². The predicted molar refractivity (Wildman–Crippen MR) is 115 cm³/mol. The molecule has 0 saturated carbocycles. The van der Waals surface area contributed by atoms with Crippen molar-refractivity contribution in [3.8, 4) is 17.1 Å². The van der Waals surface area contributed by atoms with Crippen molar-refractivity contribution in [2.75, 3.05) is 5.32 Å². The van der Waals surface area contributed by atoms with E-state index >= 15 is 0 Å². The van der Waals surface area contributed by atoms with Gasteiger partial charge >= 0.3 is 0 Å². The summed E-state index contributed by atoms with van der Waals surface area (Å²) >= 11 is 0. The Kier molecular flexibility index (Phi) is 5.56. The molecule has 9 heteroatoms. The minimum absolute atomic E-state index is 0.0391. The molecule has 3 aromatic heterocycles. The summed E-state index contributed by atoms with van der Waals surface area (Å²) in [4.78, 5) is 20.6. The summed E-state index contributed by atoms with van der Waals surface area (Å²) in [6, 6.07) is 10.8. The lowest BCUT2D eigenvalue weighted by molar-refractivity contribution is 0.102. The van der Waals surface area contributed by atoms with Gasteiger partial charge < -0.3 is 9.73 Å². The zero-order valence-corrected chi connectivity index (χ0v) is 17.7. The van der Waals surface area contributed by atoms with Gasteiger partial charge in [0.15, 0.2) is 11.4 Å². The summed E-state index contributed by atoms with van der Waals surface area (Å²) in [6.07, 6.45) is 2.79. The molecule has 0 aliphatic carbocycles. The Bertz CT molecular complexity index is 1230. The summed E-state index contributed by atoms with van der Waals surface area (Å²) in [6.45, 7) is 6.26. The van der Waals surface area contributed by atoms with E-state index in [2.05, 4.69) is 41.2 Å². The van der Waals surface area contributed by atoms with Crippen LogP contribution in [-0.4, -0.2) is 25.7 Å². The molecular formula is C23H21F2N5O2. The molecule has 164 valence electrons. The van der Waals surface area contributed by atoms with E-state index in [4.69, 9.17) is 4.42 Å². The first-order valence-electron chi connectivity index (χ1n) is 9.88. The zero-order valence-electron chi connectivity index (χ0n) is 17.7. The summed E-state index contributed by atoms with van der Waals surface area (Å²) in [5.74, 6) is -0.458. The molecule has 1 aromatic carbocycles. The number of nitrogens with one attached hydrogen (secondary N) is 1. The number of nitrogens with zero attached hydrogens (tertiary/aromatic N) is 4. The summed E-state index contributed by atoms with van der Waals surface area (Å²) in [5.41, 5.74) is 1.63. The standard InChI is InChI=1S/C23H21F2N5O2/c1-23(2,3)15-4-6-16(7-5-15)30-12-17(19(29-30)20(24)25)27-21(31)18-13-32-22(28-18)14-8-10-26-11-9-14/h4-13,20H,1-3H3,(H,27,31). The van der Waals surface area contributed by atoms with Gasteiger partial charge in [0.2, 0.25) is 5.89 Å². The van der Waals surface area contributed by atoms with Crippen molar-refractivity contribution in [3.05, 3.63) is 78.2 Å². The van der Waals surface area contributed by atoms with E-state index in [1.54, 1.807) is 36.7 Å². The first kappa shape index (κ1) is 21.4. The lowest BCUT2D eigenvalue weighted by atomic mass is 9.87.